The number of ether oxygens (including phenoxy) is 1. The average molecular weight is 395 g/mol. The summed E-state index contributed by atoms with van der Waals surface area (Å²) < 4.78 is 10.5. The molecule has 0 spiro atoms. The molecule has 0 saturated carbocycles. The van der Waals surface area contributed by atoms with Gasteiger partial charge in [0, 0.05) is 12.4 Å². The van der Waals surface area contributed by atoms with Gasteiger partial charge in [-0.05, 0) is 31.0 Å². The molecule has 3 aromatic heterocycles. The van der Waals surface area contributed by atoms with Gasteiger partial charge in [-0.15, -0.1) is 0 Å². The third-order valence-corrected chi connectivity index (χ3v) is 4.61. The molecular weight excluding hydrogens is 374 g/mol. The van der Waals surface area contributed by atoms with Gasteiger partial charge in [-0.2, -0.15) is 9.97 Å². The fourth-order valence-corrected chi connectivity index (χ4v) is 3.01. The standard InChI is InChI=1S/C19H21N7O3/c1-11(2)14-10-28-19(27)26(14)15-7-9-21-18(23-15)22-12(3)17-24-16(25-29-17)13-6-4-5-8-20-13/h4-9,11-12,14H,10H2,1-3H3,(H,21,22,23)/t12-,14?/m1/s1. The number of hydrogen-bond donors (Lipinski definition) is 1. The molecular formula is C19H21N7O3. The Kier molecular flexibility index (Phi) is 5.07. The van der Waals surface area contributed by atoms with Gasteiger partial charge in [-0.3, -0.25) is 9.88 Å². The molecule has 10 nitrogen and oxygen atoms in total. The van der Waals surface area contributed by atoms with Crippen LogP contribution in [0.2, 0.25) is 0 Å². The maximum Gasteiger partial charge on any atom is 0.415 e. The molecule has 29 heavy (non-hydrogen) atoms. The van der Waals surface area contributed by atoms with Crippen LogP contribution in [-0.4, -0.2) is 43.8 Å². The van der Waals surface area contributed by atoms with Gasteiger partial charge < -0.3 is 14.6 Å². The number of amides is 1. The lowest BCUT2D eigenvalue weighted by atomic mass is 10.0. The van der Waals surface area contributed by atoms with E-state index in [0.717, 1.165) is 0 Å². The summed E-state index contributed by atoms with van der Waals surface area (Å²) >= 11 is 0. The fraction of sp³-hybridized carbons (Fsp3) is 0.368. The summed E-state index contributed by atoms with van der Waals surface area (Å²) in [5.41, 5.74) is 0.625. The molecule has 150 valence electrons. The molecule has 1 aliphatic heterocycles. The summed E-state index contributed by atoms with van der Waals surface area (Å²) in [6.45, 7) is 6.28. The van der Waals surface area contributed by atoms with Crippen LogP contribution in [0.25, 0.3) is 11.5 Å². The number of cyclic esters (lactones) is 1. The van der Waals surface area contributed by atoms with E-state index in [1.807, 2.05) is 32.9 Å². The Labute approximate surface area is 167 Å². The van der Waals surface area contributed by atoms with Crippen molar-refractivity contribution in [1.29, 1.82) is 0 Å². The van der Waals surface area contributed by atoms with Gasteiger partial charge in [0.15, 0.2) is 0 Å². The Balaban J connectivity index is 1.51. The SMILES string of the molecule is CC(C)C1COC(=O)N1c1ccnc(N[C@H](C)c2nc(-c3ccccn3)no2)n1. The summed E-state index contributed by atoms with van der Waals surface area (Å²) in [4.78, 5) is 31.0. The second-order valence-electron chi connectivity index (χ2n) is 7.03. The van der Waals surface area contributed by atoms with Gasteiger partial charge in [0.25, 0.3) is 0 Å². The van der Waals surface area contributed by atoms with Gasteiger partial charge in [0.1, 0.15) is 24.2 Å². The summed E-state index contributed by atoms with van der Waals surface area (Å²) in [5.74, 6) is 1.84. The number of aromatic nitrogens is 5. The number of nitrogens with one attached hydrogen (secondary N) is 1. The number of pyridine rings is 1. The van der Waals surface area contributed by atoms with Gasteiger partial charge in [-0.25, -0.2) is 9.78 Å². The van der Waals surface area contributed by atoms with E-state index in [2.05, 4.69) is 30.4 Å². The smallest absolute Gasteiger partial charge is 0.415 e. The Morgan fingerprint density at radius 3 is 2.76 bits per heavy atom. The second kappa shape index (κ2) is 7.82. The van der Waals surface area contributed by atoms with Crippen molar-refractivity contribution in [2.45, 2.75) is 32.9 Å². The fourth-order valence-electron chi connectivity index (χ4n) is 3.01. The van der Waals surface area contributed by atoms with Crippen molar-refractivity contribution in [2.24, 2.45) is 5.92 Å². The molecule has 0 aliphatic carbocycles. The molecule has 1 unspecified atom stereocenters. The largest absolute Gasteiger partial charge is 0.447 e. The van der Waals surface area contributed by atoms with E-state index in [9.17, 15) is 4.79 Å². The molecule has 0 aromatic carbocycles. The highest BCUT2D eigenvalue weighted by Gasteiger charge is 2.37. The third-order valence-electron chi connectivity index (χ3n) is 4.61. The van der Waals surface area contributed by atoms with Crippen LogP contribution < -0.4 is 10.2 Å². The molecule has 1 saturated heterocycles. The highest BCUT2D eigenvalue weighted by molar-refractivity contribution is 5.89. The predicted molar refractivity (Wildman–Crippen MR) is 104 cm³/mol. The van der Waals surface area contributed by atoms with E-state index >= 15 is 0 Å². The van der Waals surface area contributed by atoms with E-state index in [4.69, 9.17) is 9.26 Å². The van der Waals surface area contributed by atoms with Crippen molar-refractivity contribution in [1.82, 2.24) is 25.1 Å². The number of carbonyl (C=O) groups is 1. The lowest BCUT2D eigenvalue weighted by Crippen LogP contribution is -2.37. The Morgan fingerprint density at radius 2 is 2.00 bits per heavy atom. The van der Waals surface area contributed by atoms with E-state index in [-0.39, 0.29) is 18.0 Å². The normalized spacial score (nSPS) is 17.4. The number of carbonyl (C=O) groups excluding carboxylic acids is 1. The van der Waals surface area contributed by atoms with E-state index in [1.54, 1.807) is 29.4 Å². The van der Waals surface area contributed by atoms with Crippen LogP contribution in [0, 0.1) is 5.92 Å². The monoisotopic (exact) mass is 395 g/mol. The van der Waals surface area contributed by atoms with Crippen LogP contribution >= 0.6 is 0 Å². The van der Waals surface area contributed by atoms with Crippen molar-refractivity contribution in [2.75, 3.05) is 16.8 Å². The number of nitrogens with zero attached hydrogens (tertiary/aromatic N) is 6. The van der Waals surface area contributed by atoms with Gasteiger partial charge in [0.2, 0.25) is 17.7 Å². The summed E-state index contributed by atoms with van der Waals surface area (Å²) in [6, 6.07) is 6.75. The first-order chi connectivity index (χ1) is 14.0. The van der Waals surface area contributed by atoms with Crippen LogP contribution in [0.1, 0.15) is 32.7 Å². The molecule has 0 bridgehead atoms. The minimum absolute atomic E-state index is 0.0699. The van der Waals surface area contributed by atoms with Gasteiger partial charge in [0.05, 0.1) is 6.04 Å². The van der Waals surface area contributed by atoms with Crippen molar-refractivity contribution >= 4 is 17.9 Å². The van der Waals surface area contributed by atoms with Crippen molar-refractivity contribution < 1.29 is 14.1 Å². The maximum absolute atomic E-state index is 12.2. The zero-order valence-corrected chi connectivity index (χ0v) is 16.3. The van der Waals surface area contributed by atoms with E-state index < -0.39 is 6.09 Å². The molecule has 1 aliphatic rings. The maximum atomic E-state index is 12.2. The molecule has 4 rings (SSSR count). The first-order valence-electron chi connectivity index (χ1n) is 9.33. The van der Waals surface area contributed by atoms with Crippen LogP contribution in [0.4, 0.5) is 16.6 Å². The molecule has 0 radical (unpaired) electrons. The van der Waals surface area contributed by atoms with Crippen molar-refractivity contribution in [3.8, 4) is 11.5 Å². The topological polar surface area (TPSA) is 119 Å². The second-order valence-corrected chi connectivity index (χ2v) is 7.03. The Hall–Kier alpha value is -3.56. The first-order valence-corrected chi connectivity index (χ1v) is 9.33. The van der Waals surface area contributed by atoms with Crippen LogP contribution in [-0.2, 0) is 4.74 Å². The third kappa shape index (κ3) is 3.86. The molecule has 1 amide bonds. The minimum Gasteiger partial charge on any atom is -0.447 e. The molecule has 3 aromatic rings. The summed E-state index contributed by atoms with van der Waals surface area (Å²) in [5, 5.41) is 7.10. The van der Waals surface area contributed by atoms with Gasteiger partial charge in [-0.1, -0.05) is 25.1 Å². The van der Waals surface area contributed by atoms with E-state index in [0.29, 0.717) is 35.8 Å². The minimum atomic E-state index is -0.404. The quantitative estimate of drug-likeness (QED) is 0.671. The number of rotatable bonds is 6. The zero-order chi connectivity index (χ0) is 20.4. The van der Waals surface area contributed by atoms with Crippen molar-refractivity contribution in [3.05, 3.63) is 42.5 Å². The predicted octanol–water partition coefficient (Wildman–Crippen LogP) is 3.08. The molecule has 1 fully saturated rings. The molecule has 10 heteroatoms. The van der Waals surface area contributed by atoms with Crippen LogP contribution in [0.5, 0.6) is 0 Å². The van der Waals surface area contributed by atoms with E-state index in [1.165, 1.54) is 0 Å². The zero-order valence-electron chi connectivity index (χ0n) is 16.3. The highest BCUT2D eigenvalue weighted by atomic mass is 16.6. The highest BCUT2D eigenvalue weighted by Crippen LogP contribution is 2.26. The molecule has 1 N–H and O–H groups in total. The lowest BCUT2D eigenvalue weighted by molar-refractivity contribution is 0.177. The summed E-state index contributed by atoms with van der Waals surface area (Å²) in [7, 11) is 0. The number of anilines is 2. The Bertz CT molecular complexity index is 992. The van der Waals surface area contributed by atoms with Crippen LogP contribution in [0.3, 0.4) is 0 Å². The Morgan fingerprint density at radius 1 is 1.14 bits per heavy atom. The number of hydrogen-bond acceptors (Lipinski definition) is 9. The molecule has 4 heterocycles. The van der Waals surface area contributed by atoms with Gasteiger partial charge >= 0.3 is 6.09 Å². The average Bonchev–Trinajstić information content (AvgIpc) is 3.36. The first kappa shape index (κ1) is 18.8. The summed E-state index contributed by atoms with van der Waals surface area (Å²) in [6.07, 6.45) is 2.85. The van der Waals surface area contributed by atoms with Crippen molar-refractivity contribution in [3.63, 3.8) is 0 Å². The lowest BCUT2D eigenvalue weighted by Gasteiger charge is -2.23. The van der Waals surface area contributed by atoms with Crippen LogP contribution in [0.15, 0.2) is 41.2 Å². The molecule has 2 atom stereocenters.